The highest BCUT2D eigenvalue weighted by Gasteiger charge is 2.62. The summed E-state index contributed by atoms with van der Waals surface area (Å²) < 4.78 is 17.2. The number of amides is 3. The summed E-state index contributed by atoms with van der Waals surface area (Å²) >= 11 is 0. The summed E-state index contributed by atoms with van der Waals surface area (Å²) in [6, 6.07) is 23.2. The Kier molecular flexibility index (Phi) is 6.01. The van der Waals surface area contributed by atoms with Gasteiger partial charge in [0.1, 0.15) is 6.04 Å². The van der Waals surface area contributed by atoms with Gasteiger partial charge in [-0.05, 0) is 23.3 Å². The van der Waals surface area contributed by atoms with E-state index in [4.69, 9.17) is 14.2 Å². The highest BCUT2D eigenvalue weighted by atomic mass is 16.7. The molecule has 9 nitrogen and oxygen atoms in total. The van der Waals surface area contributed by atoms with Crippen LogP contribution < -0.4 is 0 Å². The number of β-lactam (4-membered cyclic amide) rings is 1. The molecule has 3 aromatic rings. The lowest BCUT2D eigenvalue weighted by Crippen LogP contribution is -2.77. The average molecular weight is 513 g/mol. The third-order valence-electron chi connectivity index (χ3n) is 7.20. The van der Waals surface area contributed by atoms with Crippen molar-refractivity contribution in [2.45, 2.75) is 37.1 Å². The van der Waals surface area contributed by atoms with Crippen LogP contribution in [0.3, 0.4) is 0 Å². The smallest absolute Gasteiger partial charge is 0.357 e. The molecule has 3 aromatic carbocycles. The van der Waals surface area contributed by atoms with Gasteiger partial charge >= 0.3 is 5.97 Å². The van der Waals surface area contributed by atoms with Crippen LogP contribution in [0.1, 0.15) is 44.4 Å². The van der Waals surface area contributed by atoms with E-state index in [1.54, 1.807) is 24.3 Å². The van der Waals surface area contributed by atoms with Crippen molar-refractivity contribution in [2.75, 3.05) is 7.11 Å². The molecule has 192 valence electrons. The molecule has 4 unspecified atom stereocenters. The number of esters is 1. The second-order valence-corrected chi connectivity index (χ2v) is 9.31. The van der Waals surface area contributed by atoms with Crippen molar-refractivity contribution >= 4 is 23.7 Å². The lowest BCUT2D eigenvalue weighted by atomic mass is 9.88. The van der Waals surface area contributed by atoms with Crippen molar-refractivity contribution in [1.29, 1.82) is 0 Å². The molecule has 4 atom stereocenters. The van der Waals surface area contributed by atoms with Gasteiger partial charge in [0.05, 0.1) is 17.2 Å². The second kappa shape index (κ2) is 9.51. The number of hydrogen-bond donors (Lipinski definition) is 0. The molecule has 38 heavy (non-hydrogen) atoms. The van der Waals surface area contributed by atoms with Crippen LogP contribution >= 0.6 is 0 Å². The fraction of sp³-hybridized carbons (Fsp3) is 0.241. The van der Waals surface area contributed by atoms with Gasteiger partial charge in [0.25, 0.3) is 17.7 Å². The Hall–Kier alpha value is -4.34. The molecule has 3 aliphatic rings. The molecule has 0 aromatic heterocycles. The lowest BCUT2D eigenvalue weighted by Gasteiger charge is -2.55. The molecule has 6 rings (SSSR count). The van der Waals surface area contributed by atoms with Crippen molar-refractivity contribution in [1.82, 2.24) is 9.80 Å². The first-order valence-electron chi connectivity index (χ1n) is 12.3. The maximum atomic E-state index is 13.5. The lowest BCUT2D eigenvalue weighted by molar-refractivity contribution is -0.268. The first kappa shape index (κ1) is 24.0. The van der Waals surface area contributed by atoms with Gasteiger partial charge in [0.2, 0.25) is 6.23 Å². The normalized spacial score (nSPS) is 24.2. The fourth-order valence-electron chi connectivity index (χ4n) is 5.37. The number of hydrogen-bond acceptors (Lipinski definition) is 7. The van der Waals surface area contributed by atoms with E-state index in [1.165, 1.54) is 12.0 Å². The first-order chi connectivity index (χ1) is 18.5. The fourth-order valence-corrected chi connectivity index (χ4v) is 5.37. The highest BCUT2D eigenvalue weighted by molar-refractivity contribution is 6.23. The molecule has 9 heteroatoms. The third kappa shape index (κ3) is 3.79. The molecule has 0 aliphatic carbocycles. The van der Waals surface area contributed by atoms with Crippen LogP contribution in [0.5, 0.6) is 0 Å². The van der Waals surface area contributed by atoms with Crippen molar-refractivity contribution in [3.63, 3.8) is 0 Å². The summed E-state index contributed by atoms with van der Waals surface area (Å²) in [6.45, 7) is 0. The Labute approximate surface area is 218 Å². The second-order valence-electron chi connectivity index (χ2n) is 9.31. The minimum Gasteiger partial charge on any atom is -0.449 e. The minimum absolute atomic E-state index is 0.185. The summed E-state index contributed by atoms with van der Waals surface area (Å²) in [5.41, 5.74) is 2.01. The van der Waals surface area contributed by atoms with Gasteiger partial charge in [0.15, 0.2) is 12.4 Å². The van der Waals surface area contributed by atoms with Gasteiger partial charge < -0.3 is 14.2 Å². The molecule has 3 aliphatic heterocycles. The number of carbonyl (C=O) groups excluding carboxylic acids is 4. The predicted molar refractivity (Wildman–Crippen MR) is 132 cm³/mol. The average Bonchev–Trinajstić information content (AvgIpc) is 3.21. The topological polar surface area (TPSA) is 102 Å². The number of rotatable bonds is 6. The van der Waals surface area contributed by atoms with Gasteiger partial charge in [-0.1, -0.05) is 72.8 Å². The summed E-state index contributed by atoms with van der Waals surface area (Å²) in [6.07, 6.45) is -2.79. The summed E-state index contributed by atoms with van der Waals surface area (Å²) in [7, 11) is 1.43. The molecule has 3 amide bonds. The van der Waals surface area contributed by atoms with Gasteiger partial charge in [-0.3, -0.25) is 24.2 Å². The number of fused-ring (bicyclic) bond motifs is 2. The van der Waals surface area contributed by atoms with Crippen LogP contribution in [0.2, 0.25) is 0 Å². The van der Waals surface area contributed by atoms with Crippen molar-refractivity contribution in [3.05, 3.63) is 107 Å². The van der Waals surface area contributed by atoms with E-state index in [1.807, 2.05) is 60.7 Å². The SMILES string of the molecule is COC1CC2C(N3C(=O)c4ccccc4C3=O)C(=O)N2C(C(=O)OC(c2ccccc2)c2ccccc2)O1. The quantitative estimate of drug-likeness (QED) is 0.284. The Morgan fingerprint density at radius 2 is 1.37 bits per heavy atom. The van der Waals surface area contributed by atoms with Gasteiger partial charge in [0, 0.05) is 13.5 Å². The highest BCUT2D eigenvalue weighted by Crippen LogP contribution is 2.40. The zero-order chi connectivity index (χ0) is 26.4. The number of benzene rings is 3. The third-order valence-corrected chi connectivity index (χ3v) is 7.20. The number of ether oxygens (including phenoxy) is 3. The van der Waals surface area contributed by atoms with E-state index in [0.717, 1.165) is 16.0 Å². The Morgan fingerprint density at radius 1 is 0.842 bits per heavy atom. The molecule has 0 radical (unpaired) electrons. The van der Waals surface area contributed by atoms with Crippen LogP contribution in [0, 0.1) is 0 Å². The van der Waals surface area contributed by atoms with Gasteiger partial charge in [-0.15, -0.1) is 0 Å². The van der Waals surface area contributed by atoms with E-state index < -0.39 is 54.4 Å². The number of carbonyl (C=O) groups is 4. The summed E-state index contributed by atoms with van der Waals surface area (Å²) in [5, 5.41) is 0. The van der Waals surface area contributed by atoms with Crippen molar-refractivity contribution < 1.29 is 33.4 Å². The molecule has 0 bridgehead atoms. The Balaban J connectivity index is 1.27. The van der Waals surface area contributed by atoms with Crippen LogP contribution in [0.4, 0.5) is 0 Å². The van der Waals surface area contributed by atoms with Gasteiger partial charge in [-0.25, -0.2) is 4.79 Å². The molecule has 0 N–H and O–H groups in total. The van der Waals surface area contributed by atoms with Crippen LogP contribution in [0.25, 0.3) is 0 Å². The maximum Gasteiger partial charge on any atom is 0.357 e. The van der Waals surface area contributed by atoms with Crippen molar-refractivity contribution in [3.8, 4) is 0 Å². The summed E-state index contributed by atoms with van der Waals surface area (Å²) in [4.78, 5) is 55.3. The first-order valence-corrected chi connectivity index (χ1v) is 12.3. The Morgan fingerprint density at radius 3 is 1.89 bits per heavy atom. The standard InChI is InChI=1S/C29H24N2O7/c1-36-22-16-21-23(31-25(32)19-14-8-9-15-20(19)26(31)33)27(34)30(21)28(37-22)29(35)38-24(17-10-4-2-5-11-17)18-12-6-3-7-13-18/h2-15,21-24,28H,16H2,1H3. The minimum atomic E-state index is -1.40. The maximum absolute atomic E-state index is 13.5. The molecule has 0 saturated carbocycles. The molecule has 3 heterocycles. The van der Waals surface area contributed by atoms with Crippen LogP contribution in [0.15, 0.2) is 84.9 Å². The van der Waals surface area contributed by atoms with Gasteiger partial charge in [-0.2, -0.15) is 0 Å². The zero-order valence-electron chi connectivity index (χ0n) is 20.4. The van der Waals surface area contributed by atoms with Crippen LogP contribution in [-0.2, 0) is 23.8 Å². The number of imide groups is 1. The zero-order valence-corrected chi connectivity index (χ0v) is 20.4. The van der Waals surface area contributed by atoms with Crippen molar-refractivity contribution in [2.24, 2.45) is 0 Å². The monoisotopic (exact) mass is 512 g/mol. The molecular formula is C29H24N2O7. The largest absolute Gasteiger partial charge is 0.449 e. The summed E-state index contributed by atoms with van der Waals surface area (Å²) in [5.74, 6) is -2.39. The van der Waals surface area contributed by atoms with Crippen LogP contribution in [-0.4, -0.2) is 65.2 Å². The number of methoxy groups -OCH3 is 1. The van der Waals surface area contributed by atoms with E-state index in [9.17, 15) is 19.2 Å². The van der Waals surface area contributed by atoms with E-state index in [0.29, 0.717) is 0 Å². The molecular weight excluding hydrogens is 488 g/mol. The predicted octanol–water partition coefficient (Wildman–Crippen LogP) is 2.91. The van der Waals surface area contributed by atoms with E-state index in [-0.39, 0.29) is 17.5 Å². The Bertz CT molecular complexity index is 1340. The van der Waals surface area contributed by atoms with E-state index >= 15 is 0 Å². The molecule has 2 fully saturated rings. The number of nitrogens with zero attached hydrogens (tertiary/aromatic N) is 2. The molecule has 0 spiro atoms. The van der Waals surface area contributed by atoms with E-state index in [2.05, 4.69) is 0 Å². The molecule has 2 saturated heterocycles.